The number of rotatable bonds is 9. The first kappa shape index (κ1) is 31.8. The van der Waals surface area contributed by atoms with Crippen molar-refractivity contribution in [1.82, 2.24) is 0 Å². The van der Waals surface area contributed by atoms with Crippen molar-refractivity contribution in [2.75, 3.05) is 4.90 Å². The van der Waals surface area contributed by atoms with Gasteiger partial charge in [-0.1, -0.05) is 44.2 Å². The Balaban J connectivity index is 0.00000484. The van der Waals surface area contributed by atoms with Gasteiger partial charge in [-0.05, 0) is 30.0 Å². The summed E-state index contributed by atoms with van der Waals surface area (Å²) in [6.07, 6.45) is 0.00579. The van der Waals surface area contributed by atoms with E-state index in [4.69, 9.17) is 10.2 Å². The Morgan fingerprint density at radius 2 is 1.57 bits per heavy atom. The SMILES string of the molecule is CC(C)C[C@H](N)C(=O)N(c1c(O)c(-c2ccc(O)c(O)c2)[o+]c2cc(O)cc(O)c12)[C@@H](Cc1ccccc1)C(=O)O.[Cl-]. The van der Waals surface area contributed by atoms with Crippen LogP contribution in [0.2, 0.25) is 0 Å². The van der Waals surface area contributed by atoms with Crippen molar-refractivity contribution >= 4 is 28.5 Å². The van der Waals surface area contributed by atoms with Crippen LogP contribution in [-0.2, 0) is 16.0 Å². The first-order valence-corrected chi connectivity index (χ1v) is 12.8. The molecule has 0 aliphatic rings. The fourth-order valence-electron chi connectivity index (χ4n) is 4.72. The van der Waals surface area contributed by atoms with E-state index in [2.05, 4.69) is 0 Å². The summed E-state index contributed by atoms with van der Waals surface area (Å²) < 4.78 is 5.81. The quantitative estimate of drug-likeness (QED) is 0.109. The predicted octanol–water partition coefficient (Wildman–Crippen LogP) is 1.32. The molecule has 0 unspecified atom stereocenters. The number of aliphatic carboxylic acids is 1. The van der Waals surface area contributed by atoms with E-state index in [0.29, 0.717) is 5.56 Å². The number of anilines is 1. The zero-order valence-electron chi connectivity index (χ0n) is 22.7. The second kappa shape index (κ2) is 12.8. The highest BCUT2D eigenvalue weighted by atomic mass is 35.5. The minimum atomic E-state index is -1.60. The second-order valence-corrected chi connectivity index (χ2v) is 10.2. The maximum absolute atomic E-state index is 14.0. The summed E-state index contributed by atoms with van der Waals surface area (Å²) in [6, 6.07) is 11.4. The molecular formula is C30H31ClN2O9. The molecule has 12 heteroatoms. The van der Waals surface area contributed by atoms with Crippen molar-refractivity contribution in [1.29, 1.82) is 0 Å². The summed E-state index contributed by atoms with van der Waals surface area (Å²) in [5.74, 6) is -5.38. The zero-order chi connectivity index (χ0) is 30.0. The molecule has 222 valence electrons. The van der Waals surface area contributed by atoms with Gasteiger partial charge in [0.25, 0.3) is 0 Å². The standard InChI is InChI=1S/C30H30N2O9.ClH/c1-15(2)10-19(31)29(38)32(20(30(39)40)11-16-6-4-3-5-7-16)26-25-23(36)13-18(33)14-24(25)41-28(27(26)37)17-8-9-21(34)22(35)12-17;/h3-9,12-15,19-20H,10-11,31H2,1-2H3,(H5-,33,34,35,36,37,39,40);1H/t19-,20-;/m0./s1. The van der Waals surface area contributed by atoms with Gasteiger partial charge in [0, 0.05) is 18.6 Å². The first-order chi connectivity index (χ1) is 19.4. The van der Waals surface area contributed by atoms with Gasteiger partial charge in [0.2, 0.25) is 11.7 Å². The van der Waals surface area contributed by atoms with Crippen LogP contribution in [0.4, 0.5) is 5.69 Å². The van der Waals surface area contributed by atoms with Crippen molar-refractivity contribution < 1.29 is 57.1 Å². The zero-order valence-corrected chi connectivity index (χ0v) is 23.5. The fraction of sp³-hybridized carbons (Fsp3) is 0.233. The van der Waals surface area contributed by atoms with Gasteiger partial charge in [-0.25, -0.2) is 9.21 Å². The summed E-state index contributed by atoms with van der Waals surface area (Å²) in [5.41, 5.74) is 6.26. The summed E-state index contributed by atoms with van der Waals surface area (Å²) >= 11 is 0. The van der Waals surface area contributed by atoms with E-state index in [9.17, 15) is 40.2 Å². The molecule has 4 aromatic rings. The van der Waals surface area contributed by atoms with Gasteiger partial charge in [0.1, 0.15) is 28.6 Å². The van der Waals surface area contributed by atoms with Gasteiger partial charge in [-0.3, -0.25) is 9.69 Å². The molecule has 0 spiro atoms. The summed E-state index contributed by atoms with van der Waals surface area (Å²) in [5, 5.41) is 62.8. The molecule has 8 N–H and O–H groups in total. The van der Waals surface area contributed by atoms with Crippen LogP contribution >= 0.6 is 0 Å². The van der Waals surface area contributed by atoms with Crippen LogP contribution in [0.15, 0.2) is 65.1 Å². The number of carboxylic acids is 1. The molecule has 1 amide bonds. The second-order valence-electron chi connectivity index (χ2n) is 10.2. The molecule has 1 aromatic heterocycles. The van der Waals surface area contributed by atoms with Gasteiger partial charge in [-0.15, -0.1) is 0 Å². The average Bonchev–Trinajstić information content (AvgIpc) is 2.90. The van der Waals surface area contributed by atoms with E-state index in [-0.39, 0.29) is 53.5 Å². The van der Waals surface area contributed by atoms with E-state index in [0.717, 1.165) is 29.2 Å². The number of carbonyl (C=O) groups is 2. The molecule has 42 heavy (non-hydrogen) atoms. The molecule has 3 aromatic carbocycles. The molecule has 2 atom stereocenters. The van der Waals surface area contributed by atoms with Crippen molar-refractivity contribution in [2.24, 2.45) is 11.7 Å². The Kier molecular flexibility index (Phi) is 9.71. The summed E-state index contributed by atoms with van der Waals surface area (Å²) in [4.78, 5) is 27.7. The molecule has 1 heterocycles. The Hall–Kier alpha value is -4.74. The number of fused-ring (bicyclic) bond motifs is 1. The van der Waals surface area contributed by atoms with Crippen molar-refractivity contribution in [3.05, 3.63) is 66.2 Å². The van der Waals surface area contributed by atoms with Crippen LogP contribution in [0, 0.1) is 5.92 Å². The third kappa shape index (κ3) is 6.42. The maximum Gasteiger partial charge on any atom is 0.404 e. The number of phenols is 4. The number of amides is 1. The van der Waals surface area contributed by atoms with Gasteiger partial charge in [-0.2, -0.15) is 0 Å². The normalized spacial score (nSPS) is 12.5. The van der Waals surface area contributed by atoms with Gasteiger partial charge in [0.15, 0.2) is 11.5 Å². The van der Waals surface area contributed by atoms with Crippen LogP contribution in [0.1, 0.15) is 25.8 Å². The van der Waals surface area contributed by atoms with Crippen molar-refractivity contribution in [3.63, 3.8) is 0 Å². The molecule has 0 saturated heterocycles. The van der Waals surface area contributed by atoms with E-state index in [1.807, 2.05) is 13.8 Å². The average molecular weight is 599 g/mol. The first-order valence-electron chi connectivity index (χ1n) is 12.8. The Labute approximate surface area is 247 Å². The molecule has 0 saturated carbocycles. The predicted molar refractivity (Wildman–Crippen MR) is 151 cm³/mol. The lowest BCUT2D eigenvalue weighted by Crippen LogP contribution is -3.00. The van der Waals surface area contributed by atoms with Gasteiger partial charge in [0.05, 0.1) is 17.7 Å². The number of carbonyl (C=O) groups excluding carboxylic acids is 1. The Morgan fingerprint density at radius 1 is 0.905 bits per heavy atom. The van der Waals surface area contributed by atoms with Crippen molar-refractivity contribution in [2.45, 2.75) is 38.8 Å². The number of nitrogens with zero attached hydrogens (tertiary/aromatic N) is 1. The minimum absolute atomic E-state index is 0. The lowest BCUT2D eigenvalue weighted by Gasteiger charge is -2.32. The third-order valence-corrected chi connectivity index (χ3v) is 6.58. The van der Waals surface area contributed by atoms with E-state index in [1.165, 1.54) is 6.07 Å². The molecule has 11 nitrogen and oxygen atoms in total. The number of nitrogens with two attached hydrogens (primary N) is 1. The molecule has 0 radical (unpaired) electrons. The molecule has 0 fully saturated rings. The van der Waals surface area contributed by atoms with Crippen LogP contribution in [0.25, 0.3) is 22.3 Å². The number of phenolic OH excluding ortho intramolecular Hbond substituents is 4. The largest absolute Gasteiger partial charge is 1.00 e. The smallest absolute Gasteiger partial charge is 0.404 e. The highest BCUT2D eigenvalue weighted by Crippen LogP contribution is 2.49. The molecule has 0 aliphatic carbocycles. The third-order valence-electron chi connectivity index (χ3n) is 6.58. The van der Waals surface area contributed by atoms with Crippen LogP contribution in [0.5, 0.6) is 28.7 Å². The monoisotopic (exact) mass is 598 g/mol. The van der Waals surface area contributed by atoms with Gasteiger partial charge < -0.3 is 48.8 Å². The number of carboxylic acid groups (broad SMARTS) is 1. The van der Waals surface area contributed by atoms with Crippen LogP contribution in [0.3, 0.4) is 0 Å². The fourth-order valence-corrected chi connectivity index (χ4v) is 4.72. The Bertz CT molecular complexity index is 1610. The molecule has 4 rings (SSSR count). The topological polar surface area (TPSA) is 196 Å². The van der Waals surface area contributed by atoms with E-state index < -0.39 is 58.4 Å². The maximum atomic E-state index is 14.0. The number of benzene rings is 3. The van der Waals surface area contributed by atoms with E-state index >= 15 is 0 Å². The van der Waals surface area contributed by atoms with Crippen LogP contribution in [-0.4, -0.2) is 54.6 Å². The highest BCUT2D eigenvalue weighted by Gasteiger charge is 2.41. The number of hydrogen-bond donors (Lipinski definition) is 7. The van der Waals surface area contributed by atoms with Crippen molar-refractivity contribution in [3.8, 4) is 40.1 Å². The van der Waals surface area contributed by atoms with Gasteiger partial charge >= 0.3 is 17.3 Å². The molecule has 0 aliphatic heterocycles. The molecule has 0 bridgehead atoms. The summed E-state index contributed by atoms with van der Waals surface area (Å²) in [6.45, 7) is 3.68. The number of halogens is 1. The lowest BCUT2D eigenvalue weighted by atomic mass is 9.98. The summed E-state index contributed by atoms with van der Waals surface area (Å²) in [7, 11) is 0. The lowest BCUT2D eigenvalue weighted by molar-refractivity contribution is -0.140. The number of aromatic hydroxyl groups is 5. The highest BCUT2D eigenvalue weighted by molar-refractivity contribution is 6.12. The number of hydrogen-bond acceptors (Lipinski definition) is 8. The minimum Gasteiger partial charge on any atom is -1.00 e. The Morgan fingerprint density at radius 3 is 2.17 bits per heavy atom. The van der Waals surface area contributed by atoms with E-state index in [1.54, 1.807) is 30.3 Å². The molecular weight excluding hydrogens is 568 g/mol. The van der Waals surface area contributed by atoms with Crippen LogP contribution < -0.4 is 23.0 Å².